The molecule has 0 atom stereocenters. The second kappa shape index (κ2) is 6.33. The molecule has 0 unspecified atom stereocenters. The molecule has 0 aliphatic heterocycles. The van der Waals surface area contributed by atoms with E-state index in [1.54, 1.807) is 24.9 Å². The van der Waals surface area contributed by atoms with Crippen molar-refractivity contribution in [2.24, 2.45) is 5.73 Å². The van der Waals surface area contributed by atoms with Crippen LogP contribution in [0.2, 0.25) is 0 Å². The number of anilines is 1. The standard InChI is InChI=1S/C12H17F3N2S/c1-17(5-6-18-2)10-4-3-9(8-16)11(7-10)12(13,14)15/h3-4,7H,5-6,8,16H2,1-2H3. The lowest BCUT2D eigenvalue weighted by Crippen LogP contribution is -2.21. The summed E-state index contributed by atoms with van der Waals surface area (Å²) >= 11 is 1.66. The van der Waals surface area contributed by atoms with Gasteiger partial charge in [-0.05, 0) is 24.0 Å². The summed E-state index contributed by atoms with van der Waals surface area (Å²) in [6.07, 6.45) is -2.39. The molecule has 2 nitrogen and oxygen atoms in total. The second-order valence-corrected chi connectivity index (χ2v) is 4.94. The van der Waals surface area contributed by atoms with Gasteiger partial charge in [0, 0.05) is 31.6 Å². The van der Waals surface area contributed by atoms with Crippen LogP contribution in [0.1, 0.15) is 11.1 Å². The van der Waals surface area contributed by atoms with Gasteiger partial charge in [-0.15, -0.1) is 0 Å². The first-order chi connectivity index (χ1) is 8.40. The van der Waals surface area contributed by atoms with E-state index in [0.29, 0.717) is 12.2 Å². The normalized spacial score (nSPS) is 11.7. The van der Waals surface area contributed by atoms with Gasteiger partial charge >= 0.3 is 6.18 Å². The van der Waals surface area contributed by atoms with Gasteiger partial charge in [-0.25, -0.2) is 0 Å². The zero-order valence-corrected chi connectivity index (χ0v) is 11.2. The number of thioether (sulfide) groups is 1. The fraction of sp³-hybridized carbons (Fsp3) is 0.500. The van der Waals surface area contributed by atoms with Crippen molar-refractivity contribution < 1.29 is 13.2 Å². The van der Waals surface area contributed by atoms with Crippen molar-refractivity contribution in [3.63, 3.8) is 0 Å². The SMILES string of the molecule is CSCCN(C)c1ccc(CN)c(C(F)(F)F)c1. The van der Waals surface area contributed by atoms with Crippen LogP contribution in [-0.4, -0.2) is 25.6 Å². The molecule has 18 heavy (non-hydrogen) atoms. The number of hydrogen-bond acceptors (Lipinski definition) is 3. The van der Waals surface area contributed by atoms with Crippen molar-refractivity contribution in [1.82, 2.24) is 0 Å². The first kappa shape index (κ1) is 15.2. The quantitative estimate of drug-likeness (QED) is 0.898. The largest absolute Gasteiger partial charge is 0.416 e. The molecular weight excluding hydrogens is 261 g/mol. The minimum atomic E-state index is -4.36. The van der Waals surface area contributed by atoms with Crippen molar-refractivity contribution in [1.29, 1.82) is 0 Å². The van der Waals surface area contributed by atoms with E-state index in [-0.39, 0.29) is 12.1 Å². The Balaban J connectivity index is 3.03. The third-order valence-corrected chi connectivity index (χ3v) is 3.28. The lowest BCUT2D eigenvalue weighted by Gasteiger charge is -2.21. The molecule has 0 aliphatic rings. The van der Waals surface area contributed by atoms with Crippen LogP contribution in [-0.2, 0) is 12.7 Å². The average molecular weight is 278 g/mol. The van der Waals surface area contributed by atoms with Crippen LogP contribution in [0.4, 0.5) is 18.9 Å². The Morgan fingerprint density at radius 3 is 2.50 bits per heavy atom. The number of rotatable bonds is 5. The van der Waals surface area contributed by atoms with Gasteiger partial charge in [0.2, 0.25) is 0 Å². The summed E-state index contributed by atoms with van der Waals surface area (Å²) in [7, 11) is 1.79. The molecule has 2 N–H and O–H groups in total. The molecule has 0 spiro atoms. The monoisotopic (exact) mass is 278 g/mol. The lowest BCUT2D eigenvalue weighted by atomic mass is 10.1. The maximum absolute atomic E-state index is 12.9. The van der Waals surface area contributed by atoms with Gasteiger partial charge in [0.25, 0.3) is 0 Å². The van der Waals surface area contributed by atoms with E-state index in [9.17, 15) is 13.2 Å². The molecule has 0 aliphatic carbocycles. The fourth-order valence-electron chi connectivity index (χ4n) is 1.60. The van der Waals surface area contributed by atoms with E-state index >= 15 is 0 Å². The molecule has 0 bridgehead atoms. The maximum atomic E-state index is 12.9. The van der Waals surface area contributed by atoms with Crippen molar-refractivity contribution >= 4 is 17.4 Å². The highest BCUT2D eigenvalue weighted by Crippen LogP contribution is 2.34. The molecule has 1 aromatic carbocycles. The van der Waals surface area contributed by atoms with E-state index in [4.69, 9.17) is 5.73 Å². The maximum Gasteiger partial charge on any atom is 0.416 e. The average Bonchev–Trinajstić information content (AvgIpc) is 2.34. The minimum absolute atomic E-state index is 0.107. The van der Waals surface area contributed by atoms with Crippen LogP contribution in [0.15, 0.2) is 18.2 Å². The van der Waals surface area contributed by atoms with Crippen LogP contribution >= 0.6 is 11.8 Å². The van der Waals surface area contributed by atoms with Crippen LogP contribution in [0, 0.1) is 0 Å². The Labute approximate surface area is 109 Å². The summed E-state index contributed by atoms with van der Waals surface area (Å²) in [4.78, 5) is 1.81. The summed E-state index contributed by atoms with van der Waals surface area (Å²) in [5.74, 6) is 0.872. The first-order valence-corrected chi connectivity index (χ1v) is 6.89. The lowest BCUT2D eigenvalue weighted by molar-refractivity contribution is -0.138. The third-order valence-electron chi connectivity index (χ3n) is 2.69. The number of halogens is 3. The number of alkyl halides is 3. The predicted octanol–water partition coefficient (Wildman–Crippen LogP) is 2.96. The highest BCUT2D eigenvalue weighted by Gasteiger charge is 2.33. The summed E-state index contributed by atoms with van der Waals surface area (Å²) in [6, 6.07) is 4.30. The van der Waals surface area contributed by atoms with E-state index in [1.165, 1.54) is 12.1 Å². The van der Waals surface area contributed by atoms with Gasteiger partial charge in [-0.1, -0.05) is 6.07 Å². The molecule has 6 heteroatoms. The molecule has 0 saturated heterocycles. The van der Waals surface area contributed by atoms with Crippen molar-refractivity contribution in [2.75, 3.05) is 30.5 Å². The summed E-state index contributed by atoms with van der Waals surface area (Å²) < 4.78 is 38.6. The Morgan fingerprint density at radius 1 is 1.33 bits per heavy atom. The van der Waals surface area contributed by atoms with Crippen molar-refractivity contribution in [3.05, 3.63) is 29.3 Å². The predicted molar refractivity (Wildman–Crippen MR) is 71.0 cm³/mol. The van der Waals surface area contributed by atoms with Crippen LogP contribution in [0.25, 0.3) is 0 Å². The van der Waals surface area contributed by atoms with E-state index in [1.807, 2.05) is 11.2 Å². The van der Waals surface area contributed by atoms with Crippen molar-refractivity contribution in [3.8, 4) is 0 Å². The van der Waals surface area contributed by atoms with E-state index in [2.05, 4.69) is 0 Å². The van der Waals surface area contributed by atoms with E-state index in [0.717, 1.165) is 5.75 Å². The van der Waals surface area contributed by atoms with Gasteiger partial charge in [0.1, 0.15) is 0 Å². The van der Waals surface area contributed by atoms with Gasteiger partial charge in [0.15, 0.2) is 0 Å². The molecule has 0 heterocycles. The summed E-state index contributed by atoms with van der Waals surface area (Å²) in [5.41, 5.74) is 5.39. The zero-order chi connectivity index (χ0) is 13.8. The Bertz CT molecular complexity index is 393. The van der Waals surface area contributed by atoms with Crippen molar-refractivity contribution in [2.45, 2.75) is 12.7 Å². The molecule has 0 fully saturated rings. The van der Waals surface area contributed by atoms with Gasteiger partial charge in [-0.2, -0.15) is 24.9 Å². The molecule has 0 radical (unpaired) electrons. The van der Waals surface area contributed by atoms with Crippen LogP contribution in [0.5, 0.6) is 0 Å². The van der Waals surface area contributed by atoms with E-state index < -0.39 is 11.7 Å². The molecule has 102 valence electrons. The first-order valence-electron chi connectivity index (χ1n) is 5.50. The highest BCUT2D eigenvalue weighted by atomic mass is 32.2. The van der Waals surface area contributed by atoms with Crippen LogP contribution < -0.4 is 10.6 Å². The molecular formula is C12H17F3N2S. The molecule has 0 amide bonds. The van der Waals surface area contributed by atoms with Gasteiger partial charge < -0.3 is 10.6 Å². The topological polar surface area (TPSA) is 29.3 Å². The summed E-state index contributed by atoms with van der Waals surface area (Å²) in [5, 5.41) is 0. The molecule has 0 saturated carbocycles. The third kappa shape index (κ3) is 3.81. The fourth-order valence-corrected chi connectivity index (χ4v) is 2.06. The molecule has 0 aromatic heterocycles. The second-order valence-electron chi connectivity index (χ2n) is 3.96. The minimum Gasteiger partial charge on any atom is -0.374 e. The Morgan fingerprint density at radius 2 is 2.00 bits per heavy atom. The zero-order valence-electron chi connectivity index (χ0n) is 10.4. The molecule has 1 aromatic rings. The number of nitrogens with two attached hydrogens (primary N) is 1. The van der Waals surface area contributed by atoms with Gasteiger partial charge in [0.05, 0.1) is 5.56 Å². The smallest absolute Gasteiger partial charge is 0.374 e. The Kier molecular flexibility index (Phi) is 5.34. The number of benzene rings is 1. The number of nitrogens with zero attached hydrogens (tertiary/aromatic N) is 1. The van der Waals surface area contributed by atoms with Crippen LogP contribution in [0.3, 0.4) is 0 Å². The highest BCUT2D eigenvalue weighted by molar-refractivity contribution is 7.98. The number of hydrogen-bond donors (Lipinski definition) is 1. The Hall–Kier alpha value is -0.880. The van der Waals surface area contributed by atoms with Gasteiger partial charge in [-0.3, -0.25) is 0 Å². The summed E-state index contributed by atoms with van der Waals surface area (Å²) in [6.45, 7) is 0.601. The molecule has 1 rings (SSSR count).